The first-order valence-corrected chi connectivity index (χ1v) is 5.41. The predicted molar refractivity (Wildman–Crippen MR) is 62.0 cm³/mol. The molecule has 4 nitrogen and oxygen atoms in total. The first-order valence-electron chi connectivity index (χ1n) is 5.41. The molecule has 0 saturated carbocycles. The van der Waals surface area contributed by atoms with Gasteiger partial charge in [-0.2, -0.15) is 0 Å². The second kappa shape index (κ2) is 5.61. The molecule has 0 aromatic carbocycles. The van der Waals surface area contributed by atoms with Gasteiger partial charge in [0.25, 0.3) is 0 Å². The van der Waals surface area contributed by atoms with E-state index in [1.54, 1.807) is 19.3 Å². The van der Waals surface area contributed by atoms with Crippen LogP contribution in [-0.2, 0) is 4.79 Å². The van der Waals surface area contributed by atoms with E-state index < -0.39 is 11.9 Å². The smallest absolute Gasteiger partial charge is 0.307 e. The van der Waals surface area contributed by atoms with Gasteiger partial charge < -0.3 is 10.4 Å². The van der Waals surface area contributed by atoms with Crippen LogP contribution in [0.25, 0.3) is 0 Å². The Labute approximate surface area is 95.7 Å². The molecule has 0 saturated heterocycles. The molecule has 0 amide bonds. The lowest BCUT2D eigenvalue weighted by atomic mass is 10.0. The molecule has 0 aliphatic heterocycles. The topological polar surface area (TPSA) is 62.2 Å². The summed E-state index contributed by atoms with van der Waals surface area (Å²) in [5.41, 5.74) is 1.11. The molecule has 16 heavy (non-hydrogen) atoms. The molecule has 1 heterocycles. The minimum absolute atomic E-state index is 0.0688. The van der Waals surface area contributed by atoms with Crippen LogP contribution in [0.1, 0.15) is 32.4 Å². The van der Waals surface area contributed by atoms with Crippen LogP contribution in [0.15, 0.2) is 24.5 Å². The third kappa shape index (κ3) is 3.31. The third-order valence-electron chi connectivity index (χ3n) is 2.86. The Morgan fingerprint density at radius 3 is 2.38 bits per heavy atom. The summed E-state index contributed by atoms with van der Waals surface area (Å²) in [4.78, 5) is 14.8. The van der Waals surface area contributed by atoms with E-state index in [9.17, 15) is 4.79 Å². The summed E-state index contributed by atoms with van der Waals surface area (Å²) in [6, 6.07) is 3.91. The second-order valence-corrected chi connectivity index (χ2v) is 4.08. The fourth-order valence-electron chi connectivity index (χ4n) is 1.50. The van der Waals surface area contributed by atoms with Crippen LogP contribution in [0.2, 0.25) is 0 Å². The summed E-state index contributed by atoms with van der Waals surface area (Å²) >= 11 is 0. The molecular formula is C12H18N2O2. The van der Waals surface area contributed by atoms with E-state index in [1.807, 2.05) is 26.0 Å². The normalized spacial score (nSPS) is 16.4. The van der Waals surface area contributed by atoms with Crippen LogP contribution < -0.4 is 5.32 Å². The summed E-state index contributed by atoms with van der Waals surface area (Å²) < 4.78 is 0. The number of pyridine rings is 1. The van der Waals surface area contributed by atoms with Crippen molar-refractivity contribution in [1.29, 1.82) is 0 Å². The van der Waals surface area contributed by atoms with Crippen LogP contribution in [0.5, 0.6) is 0 Å². The summed E-state index contributed by atoms with van der Waals surface area (Å²) in [5, 5.41) is 12.2. The number of hydrogen-bond donors (Lipinski definition) is 2. The second-order valence-electron chi connectivity index (χ2n) is 4.08. The van der Waals surface area contributed by atoms with Crippen molar-refractivity contribution in [2.75, 3.05) is 0 Å². The maximum Gasteiger partial charge on any atom is 0.307 e. The first kappa shape index (κ1) is 12.6. The van der Waals surface area contributed by atoms with Gasteiger partial charge in [-0.3, -0.25) is 9.78 Å². The van der Waals surface area contributed by atoms with Gasteiger partial charge in [-0.15, -0.1) is 0 Å². The number of carboxylic acid groups (broad SMARTS) is 1. The number of aromatic nitrogens is 1. The van der Waals surface area contributed by atoms with Crippen LogP contribution in [0.4, 0.5) is 0 Å². The first-order chi connectivity index (χ1) is 7.52. The van der Waals surface area contributed by atoms with Gasteiger partial charge in [0.1, 0.15) is 0 Å². The van der Waals surface area contributed by atoms with Gasteiger partial charge in [0.2, 0.25) is 0 Å². The molecule has 1 aromatic rings. The average Bonchev–Trinajstić information content (AvgIpc) is 2.28. The highest BCUT2D eigenvalue weighted by molar-refractivity contribution is 5.70. The molecule has 0 bridgehead atoms. The lowest BCUT2D eigenvalue weighted by molar-refractivity contribution is -0.142. The molecule has 2 N–H and O–H groups in total. The van der Waals surface area contributed by atoms with E-state index in [0.29, 0.717) is 0 Å². The zero-order valence-corrected chi connectivity index (χ0v) is 9.84. The van der Waals surface area contributed by atoms with Crippen LogP contribution in [0.3, 0.4) is 0 Å². The van der Waals surface area contributed by atoms with E-state index in [0.717, 1.165) is 5.56 Å². The van der Waals surface area contributed by atoms with Gasteiger partial charge in [0.15, 0.2) is 0 Å². The fraction of sp³-hybridized carbons (Fsp3) is 0.500. The van der Waals surface area contributed by atoms with Crippen LogP contribution >= 0.6 is 0 Å². The molecule has 0 spiro atoms. The maximum atomic E-state index is 10.8. The van der Waals surface area contributed by atoms with Gasteiger partial charge in [0, 0.05) is 24.5 Å². The van der Waals surface area contributed by atoms with Gasteiger partial charge in [-0.05, 0) is 31.5 Å². The summed E-state index contributed by atoms with van der Waals surface area (Å²) in [6.07, 6.45) is 3.47. The molecule has 2 unspecified atom stereocenters. The van der Waals surface area contributed by atoms with Gasteiger partial charge in [-0.1, -0.05) is 6.92 Å². The van der Waals surface area contributed by atoms with E-state index >= 15 is 0 Å². The largest absolute Gasteiger partial charge is 0.481 e. The summed E-state index contributed by atoms with van der Waals surface area (Å²) in [5.74, 6) is -1.17. The zero-order valence-electron chi connectivity index (χ0n) is 9.84. The van der Waals surface area contributed by atoms with Crippen molar-refractivity contribution >= 4 is 5.97 Å². The molecule has 0 fully saturated rings. The highest BCUT2D eigenvalue weighted by atomic mass is 16.4. The quantitative estimate of drug-likeness (QED) is 0.798. The van der Waals surface area contributed by atoms with Crippen LogP contribution in [-0.4, -0.2) is 22.1 Å². The maximum absolute atomic E-state index is 10.8. The Morgan fingerprint density at radius 1 is 1.31 bits per heavy atom. The Balaban J connectivity index is 2.58. The van der Waals surface area contributed by atoms with Crippen LogP contribution in [0, 0.1) is 5.92 Å². The number of carboxylic acids is 1. The fourth-order valence-corrected chi connectivity index (χ4v) is 1.50. The minimum atomic E-state index is -0.776. The lowest BCUT2D eigenvalue weighted by Crippen LogP contribution is -2.37. The van der Waals surface area contributed by atoms with Crippen molar-refractivity contribution in [2.45, 2.75) is 32.9 Å². The molecule has 0 aliphatic carbocycles. The minimum Gasteiger partial charge on any atom is -0.481 e. The molecule has 88 valence electrons. The highest BCUT2D eigenvalue weighted by Gasteiger charge is 2.20. The molecular weight excluding hydrogens is 204 g/mol. The van der Waals surface area contributed by atoms with Crippen molar-refractivity contribution in [3.8, 4) is 0 Å². The monoisotopic (exact) mass is 222 g/mol. The van der Waals surface area contributed by atoms with Crippen molar-refractivity contribution in [1.82, 2.24) is 10.3 Å². The van der Waals surface area contributed by atoms with E-state index in [-0.39, 0.29) is 12.1 Å². The van der Waals surface area contributed by atoms with Gasteiger partial charge in [0.05, 0.1) is 5.92 Å². The molecule has 0 aliphatic rings. The molecule has 1 aromatic heterocycles. The van der Waals surface area contributed by atoms with E-state index in [4.69, 9.17) is 5.11 Å². The molecule has 4 heteroatoms. The number of aliphatic carboxylic acids is 1. The summed E-state index contributed by atoms with van der Waals surface area (Å²) in [6.45, 7) is 5.61. The SMILES string of the molecule is CC(N[C@H](C)c1ccncc1)C(C)C(=O)O. The number of nitrogens with one attached hydrogen (secondary N) is 1. The Kier molecular flexibility index (Phi) is 4.43. The van der Waals surface area contributed by atoms with Crippen molar-refractivity contribution < 1.29 is 9.90 Å². The highest BCUT2D eigenvalue weighted by Crippen LogP contribution is 2.13. The standard InChI is InChI=1S/C12H18N2O2/c1-8(12(15)16)9(2)14-10(3)11-4-6-13-7-5-11/h4-10,14H,1-3H3,(H,15,16)/t8?,9?,10-/m1/s1. The summed E-state index contributed by atoms with van der Waals surface area (Å²) in [7, 11) is 0. The van der Waals surface area contributed by atoms with E-state index in [2.05, 4.69) is 10.3 Å². The predicted octanol–water partition coefficient (Wildman–Crippen LogP) is 1.84. The molecule has 3 atom stereocenters. The number of nitrogens with zero attached hydrogens (tertiary/aromatic N) is 1. The van der Waals surface area contributed by atoms with E-state index in [1.165, 1.54) is 0 Å². The lowest BCUT2D eigenvalue weighted by Gasteiger charge is -2.23. The zero-order chi connectivity index (χ0) is 12.1. The Bertz CT molecular complexity index is 340. The number of carbonyl (C=O) groups is 1. The third-order valence-corrected chi connectivity index (χ3v) is 2.86. The number of rotatable bonds is 5. The molecule has 0 radical (unpaired) electrons. The van der Waals surface area contributed by atoms with Gasteiger partial charge >= 0.3 is 5.97 Å². The van der Waals surface area contributed by atoms with Crippen molar-refractivity contribution in [3.63, 3.8) is 0 Å². The van der Waals surface area contributed by atoms with Crippen molar-refractivity contribution in [3.05, 3.63) is 30.1 Å². The Morgan fingerprint density at radius 2 is 1.88 bits per heavy atom. The average molecular weight is 222 g/mol. The number of hydrogen-bond acceptors (Lipinski definition) is 3. The van der Waals surface area contributed by atoms with Gasteiger partial charge in [-0.25, -0.2) is 0 Å². The molecule has 1 rings (SSSR count). The van der Waals surface area contributed by atoms with Crippen molar-refractivity contribution in [2.24, 2.45) is 5.92 Å². The Hall–Kier alpha value is -1.42.